The second-order valence-electron chi connectivity index (χ2n) is 4.43. The van der Waals surface area contributed by atoms with Crippen LogP contribution in [0.2, 0.25) is 0 Å². The summed E-state index contributed by atoms with van der Waals surface area (Å²) >= 11 is 0. The Morgan fingerprint density at radius 2 is 2.39 bits per heavy atom. The van der Waals surface area contributed by atoms with Gasteiger partial charge in [-0.3, -0.25) is 4.79 Å². The van der Waals surface area contributed by atoms with E-state index >= 15 is 0 Å². The lowest BCUT2D eigenvalue weighted by atomic mass is 10.1. The number of carbonyl (C=O) groups excluding carboxylic acids is 1. The molecule has 1 saturated heterocycles. The number of para-hydroxylation sites is 1. The maximum absolute atomic E-state index is 12.0. The van der Waals surface area contributed by atoms with E-state index in [0.29, 0.717) is 24.4 Å². The fourth-order valence-corrected chi connectivity index (χ4v) is 2.31. The maximum atomic E-state index is 12.0. The molecule has 4 nitrogen and oxygen atoms in total. The van der Waals surface area contributed by atoms with Gasteiger partial charge in [-0.25, -0.2) is 4.98 Å². The fraction of sp³-hybridized carbons (Fsp3) is 0.286. The van der Waals surface area contributed by atoms with Crippen LogP contribution in [0.15, 0.2) is 22.6 Å². The van der Waals surface area contributed by atoms with Crippen LogP contribution in [0.3, 0.4) is 0 Å². The molecule has 0 bridgehead atoms. The molecule has 1 fully saturated rings. The third kappa shape index (κ3) is 1.56. The highest BCUT2D eigenvalue weighted by atomic mass is 16.3. The Bertz CT molecular complexity index is 666. The van der Waals surface area contributed by atoms with Crippen LogP contribution in [0.4, 0.5) is 5.69 Å². The first kappa shape index (κ1) is 10.8. The summed E-state index contributed by atoms with van der Waals surface area (Å²) in [7, 11) is 0. The summed E-state index contributed by atoms with van der Waals surface area (Å²) in [5, 5.41) is 0. The Kier molecular flexibility index (Phi) is 2.34. The number of amides is 1. The number of benzene rings is 1. The molecule has 0 radical (unpaired) electrons. The van der Waals surface area contributed by atoms with Gasteiger partial charge < -0.3 is 9.32 Å². The van der Waals surface area contributed by atoms with Gasteiger partial charge in [0.2, 0.25) is 5.91 Å². The molecule has 0 saturated carbocycles. The number of hydrogen-bond acceptors (Lipinski definition) is 3. The van der Waals surface area contributed by atoms with Crippen molar-refractivity contribution in [2.75, 3.05) is 11.4 Å². The van der Waals surface area contributed by atoms with E-state index in [-0.39, 0.29) is 11.8 Å². The van der Waals surface area contributed by atoms with Crippen molar-refractivity contribution in [2.45, 2.75) is 13.3 Å². The highest BCUT2D eigenvalue weighted by Gasteiger charge is 2.30. The van der Waals surface area contributed by atoms with Crippen LogP contribution in [-0.4, -0.2) is 17.4 Å². The monoisotopic (exact) mass is 240 g/mol. The molecule has 2 heterocycles. The van der Waals surface area contributed by atoms with Gasteiger partial charge in [0.15, 0.2) is 11.5 Å². The minimum absolute atomic E-state index is 0.0132. The summed E-state index contributed by atoms with van der Waals surface area (Å²) in [5.41, 5.74) is 2.20. The lowest BCUT2D eigenvalue weighted by Crippen LogP contribution is -2.24. The number of carbonyl (C=O) groups is 1. The van der Waals surface area contributed by atoms with Gasteiger partial charge in [-0.05, 0) is 12.1 Å². The summed E-state index contributed by atoms with van der Waals surface area (Å²) in [6, 6.07) is 5.58. The number of aryl methyl sites for hydroxylation is 1. The normalized spacial score (nSPS) is 19.4. The predicted octanol–water partition coefficient (Wildman–Crippen LogP) is 2.12. The highest BCUT2D eigenvalue weighted by Crippen LogP contribution is 2.31. The van der Waals surface area contributed by atoms with E-state index in [0.717, 1.165) is 11.2 Å². The zero-order valence-electron chi connectivity index (χ0n) is 10.0. The average Bonchev–Trinajstić information content (AvgIpc) is 2.90. The Hall–Kier alpha value is -2.28. The first-order chi connectivity index (χ1) is 8.69. The first-order valence-electron chi connectivity index (χ1n) is 5.81. The number of oxazole rings is 1. The molecule has 1 aliphatic heterocycles. The molecule has 2 aromatic rings. The Morgan fingerprint density at radius 1 is 1.56 bits per heavy atom. The minimum Gasteiger partial charge on any atom is -0.441 e. The number of terminal acetylenes is 1. The smallest absolute Gasteiger partial charge is 0.228 e. The van der Waals surface area contributed by atoms with Crippen LogP contribution >= 0.6 is 0 Å². The van der Waals surface area contributed by atoms with E-state index in [2.05, 4.69) is 10.9 Å². The van der Waals surface area contributed by atoms with E-state index in [1.807, 2.05) is 18.2 Å². The lowest BCUT2D eigenvalue weighted by Gasteiger charge is -2.15. The fourth-order valence-electron chi connectivity index (χ4n) is 2.31. The van der Waals surface area contributed by atoms with Gasteiger partial charge in [0.1, 0.15) is 5.52 Å². The number of aromatic nitrogens is 1. The number of fused-ring (bicyclic) bond motifs is 1. The molecule has 1 aliphatic rings. The Balaban J connectivity index is 2.10. The lowest BCUT2D eigenvalue weighted by molar-refractivity contribution is -0.117. The molecule has 90 valence electrons. The maximum Gasteiger partial charge on any atom is 0.228 e. The first-order valence-corrected chi connectivity index (χ1v) is 5.81. The van der Waals surface area contributed by atoms with E-state index in [1.54, 1.807) is 11.8 Å². The third-order valence-electron chi connectivity index (χ3n) is 3.16. The van der Waals surface area contributed by atoms with Crippen molar-refractivity contribution in [3.63, 3.8) is 0 Å². The second-order valence-corrected chi connectivity index (χ2v) is 4.43. The molecular formula is C14H12N2O2. The van der Waals surface area contributed by atoms with Gasteiger partial charge in [-0.15, -0.1) is 12.3 Å². The van der Waals surface area contributed by atoms with Crippen LogP contribution in [0.25, 0.3) is 11.1 Å². The summed E-state index contributed by atoms with van der Waals surface area (Å²) in [4.78, 5) is 18.0. The van der Waals surface area contributed by atoms with Gasteiger partial charge in [0, 0.05) is 25.8 Å². The van der Waals surface area contributed by atoms with Gasteiger partial charge in [0.05, 0.1) is 5.69 Å². The van der Waals surface area contributed by atoms with Crippen LogP contribution in [0.5, 0.6) is 0 Å². The van der Waals surface area contributed by atoms with Gasteiger partial charge >= 0.3 is 0 Å². The van der Waals surface area contributed by atoms with Crippen LogP contribution in [-0.2, 0) is 4.79 Å². The topological polar surface area (TPSA) is 46.3 Å². The summed E-state index contributed by atoms with van der Waals surface area (Å²) < 4.78 is 5.47. The highest BCUT2D eigenvalue weighted by molar-refractivity contribution is 6.02. The van der Waals surface area contributed by atoms with E-state index in [1.165, 1.54) is 0 Å². The van der Waals surface area contributed by atoms with E-state index < -0.39 is 0 Å². The quantitative estimate of drug-likeness (QED) is 0.717. The summed E-state index contributed by atoms with van der Waals surface area (Å²) in [5.74, 6) is 3.27. The number of rotatable bonds is 1. The number of anilines is 1. The van der Waals surface area contributed by atoms with Gasteiger partial charge in [-0.2, -0.15) is 0 Å². The molecule has 1 atom stereocenters. The van der Waals surface area contributed by atoms with Gasteiger partial charge in [-0.1, -0.05) is 6.07 Å². The SMILES string of the molecule is C#CC1CC(=O)N(c2cccc3oc(C)nc23)C1. The number of hydrogen-bond donors (Lipinski definition) is 0. The van der Waals surface area contributed by atoms with Crippen molar-refractivity contribution in [2.24, 2.45) is 5.92 Å². The molecule has 1 aromatic carbocycles. The van der Waals surface area contributed by atoms with Crippen LogP contribution in [0.1, 0.15) is 12.3 Å². The molecule has 1 unspecified atom stereocenters. The molecule has 3 rings (SSSR count). The molecule has 0 aliphatic carbocycles. The standard InChI is InChI=1S/C14H12N2O2/c1-3-10-7-13(17)16(8-10)11-5-4-6-12-14(11)15-9(2)18-12/h1,4-6,10H,7-8H2,2H3. The molecule has 18 heavy (non-hydrogen) atoms. The predicted molar refractivity (Wildman–Crippen MR) is 68.0 cm³/mol. The average molecular weight is 240 g/mol. The zero-order valence-corrected chi connectivity index (χ0v) is 10.0. The van der Waals surface area contributed by atoms with Crippen LogP contribution in [0, 0.1) is 25.2 Å². The summed E-state index contributed by atoms with van der Waals surface area (Å²) in [6.07, 6.45) is 5.80. The van der Waals surface area contributed by atoms with Crippen molar-refractivity contribution in [3.8, 4) is 12.3 Å². The second kappa shape index (κ2) is 3.88. The molecule has 1 aromatic heterocycles. The Morgan fingerprint density at radius 3 is 3.11 bits per heavy atom. The molecule has 1 amide bonds. The van der Waals surface area contributed by atoms with Crippen molar-refractivity contribution >= 4 is 22.7 Å². The van der Waals surface area contributed by atoms with Crippen LogP contribution < -0.4 is 4.90 Å². The third-order valence-corrected chi connectivity index (χ3v) is 3.16. The summed E-state index contributed by atoms with van der Waals surface area (Å²) in [6.45, 7) is 2.35. The van der Waals surface area contributed by atoms with Gasteiger partial charge in [0.25, 0.3) is 0 Å². The molecule has 0 spiro atoms. The van der Waals surface area contributed by atoms with Crippen molar-refractivity contribution in [3.05, 3.63) is 24.1 Å². The molecular weight excluding hydrogens is 228 g/mol. The largest absolute Gasteiger partial charge is 0.441 e. The van der Waals surface area contributed by atoms with Crippen molar-refractivity contribution in [1.82, 2.24) is 4.98 Å². The van der Waals surface area contributed by atoms with Crippen molar-refractivity contribution in [1.29, 1.82) is 0 Å². The van der Waals surface area contributed by atoms with Crippen molar-refractivity contribution < 1.29 is 9.21 Å². The van der Waals surface area contributed by atoms with E-state index in [9.17, 15) is 4.79 Å². The Labute approximate surface area is 105 Å². The molecule has 0 N–H and O–H groups in total. The zero-order chi connectivity index (χ0) is 12.7. The minimum atomic E-state index is -0.0132. The number of nitrogens with zero attached hydrogens (tertiary/aromatic N) is 2. The molecule has 4 heteroatoms. The van der Waals surface area contributed by atoms with E-state index in [4.69, 9.17) is 10.8 Å².